The zero-order chi connectivity index (χ0) is 17.0. The average molecular weight is 340 g/mol. The quantitative estimate of drug-likeness (QED) is 0.839. The maximum Gasteiger partial charge on any atom is 0.410 e. The third-order valence-corrected chi connectivity index (χ3v) is 4.12. The number of carbonyl (C=O) groups is 1. The number of carbonyl (C=O) groups excluding carboxylic acids is 1. The number of likely N-dealkylation sites (tertiary alicyclic amines) is 1. The van der Waals surface area contributed by atoms with Crippen LogP contribution in [-0.2, 0) is 4.74 Å². The number of hydrogen-bond donors (Lipinski definition) is 1. The summed E-state index contributed by atoms with van der Waals surface area (Å²) < 4.78 is 5.48. The second-order valence-electron chi connectivity index (χ2n) is 7.11. The predicted molar refractivity (Wildman–Crippen MR) is 92.9 cm³/mol. The fourth-order valence-electron chi connectivity index (χ4n) is 2.75. The molecule has 2 atom stereocenters. The lowest BCUT2D eigenvalue weighted by molar-refractivity contribution is 0.0159. The van der Waals surface area contributed by atoms with Gasteiger partial charge in [-0.25, -0.2) is 9.78 Å². The van der Waals surface area contributed by atoms with Crippen LogP contribution in [0, 0.1) is 5.92 Å². The van der Waals surface area contributed by atoms with E-state index in [1.807, 2.05) is 37.8 Å². The second-order valence-corrected chi connectivity index (χ2v) is 7.49. The number of amides is 1. The van der Waals surface area contributed by atoms with Gasteiger partial charge in [-0.1, -0.05) is 17.7 Å². The van der Waals surface area contributed by atoms with Gasteiger partial charge in [0.25, 0.3) is 0 Å². The summed E-state index contributed by atoms with van der Waals surface area (Å²) >= 11 is 5.92. The zero-order valence-electron chi connectivity index (χ0n) is 14.3. The molecule has 0 radical (unpaired) electrons. The zero-order valence-corrected chi connectivity index (χ0v) is 15.1. The van der Waals surface area contributed by atoms with Crippen LogP contribution in [0.1, 0.15) is 40.5 Å². The Morgan fingerprint density at radius 2 is 2.22 bits per heavy atom. The van der Waals surface area contributed by atoms with Crippen LogP contribution in [0.25, 0.3) is 0 Å². The average Bonchev–Trinajstić information content (AvgIpc) is 2.45. The van der Waals surface area contributed by atoms with Gasteiger partial charge in [-0.15, -0.1) is 0 Å². The maximum absolute atomic E-state index is 12.2. The first kappa shape index (κ1) is 17.9. The Bertz CT molecular complexity index is 545. The van der Waals surface area contributed by atoms with E-state index in [1.54, 1.807) is 6.07 Å². The fourth-order valence-corrected chi connectivity index (χ4v) is 2.91. The fraction of sp³-hybridized carbons (Fsp3) is 0.647. The molecule has 1 aliphatic rings. The SMILES string of the molecule is CC(Nc1cccc(Cl)n1)C1CCCN(C(=O)OC(C)(C)C)C1. The smallest absolute Gasteiger partial charge is 0.410 e. The van der Waals surface area contributed by atoms with E-state index < -0.39 is 5.60 Å². The van der Waals surface area contributed by atoms with Crippen molar-refractivity contribution in [2.75, 3.05) is 18.4 Å². The van der Waals surface area contributed by atoms with Crippen LogP contribution in [-0.4, -0.2) is 40.7 Å². The Labute approximate surface area is 143 Å². The van der Waals surface area contributed by atoms with E-state index in [0.29, 0.717) is 17.6 Å². The Kier molecular flexibility index (Phi) is 5.74. The van der Waals surface area contributed by atoms with Crippen molar-refractivity contribution in [3.63, 3.8) is 0 Å². The monoisotopic (exact) mass is 339 g/mol. The first-order valence-electron chi connectivity index (χ1n) is 8.11. The van der Waals surface area contributed by atoms with Gasteiger partial charge in [0, 0.05) is 19.1 Å². The van der Waals surface area contributed by atoms with Gasteiger partial charge in [0.1, 0.15) is 16.6 Å². The van der Waals surface area contributed by atoms with Gasteiger partial charge in [0.2, 0.25) is 0 Å². The van der Waals surface area contributed by atoms with Crippen molar-refractivity contribution in [3.8, 4) is 0 Å². The number of ether oxygens (including phenoxy) is 1. The molecule has 0 bridgehead atoms. The summed E-state index contributed by atoms with van der Waals surface area (Å²) in [5.41, 5.74) is -0.460. The molecule has 0 aromatic carbocycles. The minimum atomic E-state index is -0.460. The molecule has 0 saturated carbocycles. The van der Waals surface area contributed by atoms with Crippen molar-refractivity contribution in [2.45, 2.75) is 52.2 Å². The van der Waals surface area contributed by atoms with E-state index in [4.69, 9.17) is 16.3 Å². The summed E-state index contributed by atoms with van der Waals surface area (Å²) in [6.07, 6.45) is 1.84. The summed E-state index contributed by atoms with van der Waals surface area (Å²) in [6.45, 7) is 9.24. The summed E-state index contributed by atoms with van der Waals surface area (Å²) in [4.78, 5) is 18.3. The number of anilines is 1. The van der Waals surface area contributed by atoms with Crippen molar-refractivity contribution in [2.24, 2.45) is 5.92 Å². The van der Waals surface area contributed by atoms with Crippen molar-refractivity contribution in [1.82, 2.24) is 9.88 Å². The normalized spacial score (nSPS) is 20.0. The van der Waals surface area contributed by atoms with Gasteiger partial charge in [-0.05, 0) is 58.6 Å². The van der Waals surface area contributed by atoms with Crippen LogP contribution in [0.3, 0.4) is 0 Å². The van der Waals surface area contributed by atoms with Gasteiger partial charge in [0.05, 0.1) is 0 Å². The minimum Gasteiger partial charge on any atom is -0.444 e. The summed E-state index contributed by atoms with van der Waals surface area (Å²) in [6, 6.07) is 5.73. The van der Waals surface area contributed by atoms with Crippen LogP contribution < -0.4 is 5.32 Å². The molecular weight excluding hydrogens is 314 g/mol. The van der Waals surface area contributed by atoms with Crippen LogP contribution in [0.5, 0.6) is 0 Å². The van der Waals surface area contributed by atoms with E-state index in [2.05, 4.69) is 17.2 Å². The standard InChI is InChI=1S/C17H26ClN3O2/c1-12(19-15-9-5-8-14(18)20-15)13-7-6-10-21(11-13)16(22)23-17(2,3)4/h5,8-9,12-13H,6-7,10-11H2,1-4H3,(H,19,20). The Balaban J connectivity index is 1.93. The van der Waals surface area contributed by atoms with Crippen LogP contribution in [0.2, 0.25) is 5.15 Å². The van der Waals surface area contributed by atoms with Crippen LogP contribution in [0.15, 0.2) is 18.2 Å². The molecule has 1 amide bonds. The molecule has 1 saturated heterocycles. The van der Waals surface area contributed by atoms with E-state index in [-0.39, 0.29) is 12.1 Å². The third-order valence-electron chi connectivity index (χ3n) is 3.91. The molecule has 128 valence electrons. The highest BCUT2D eigenvalue weighted by Gasteiger charge is 2.30. The van der Waals surface area contributed by atoms with Crippen LogP contribution in [0.4, 0.5) is 10.6 Å². The predicted octanol–water partition coefficient (Wildman–Crippen LogP) is 4.18. The first-order valence-corrected chi connectivity index (χ1v) is 8.49. The number of piperidine rings is 1. The molecule has 1 aromatic heterocycles. The molecule has 1 fully saturated rings. The number of pyridine rings is 1. The third kappa shape index (κ3) is 5.57. The number of nitrogens with one attached hydrogen (secondary N) is 1. The van der Waals surface area contributed by atoms with E-state index in [9.17, 15) is 4.79 Å². The molecule has 23 heavy (non-hydrogen) atoms. The lowest BCUT2D eigenvalue weighted by Crippen LogP contribution is -2.46. The number of rotatable bonds is 3. The molecule has 0 spiro atoms. The van der Waals surface area contributed by atoms with Crippen molar-refractivity contribution in [1.29, 1.82) is 0 Å². The molecule has 6 heteroatoms. The molecular formula is C17H26ClN3O2. The highest BCUT2D eigenvalue weighted by molar-refractivity contribution is 6.29. The Morgan fingerprint density at radius 3 is 2.87 bits per heavy atom. The van der Waals surface area contributed by atoms with Crippen molar-refractivity contribution < 1.29 is 9.53 Å². The van der Waals surface area contributed by atoms with Gasteiger partial charge in [0.15, 0.2) is 0 Å². The van der Waals surface area contributed by atoms with Crippen LogP contribution >= 0.6 is 11.6 Å². The number of aromatic nitrogens is 1. The van der Waals surface area contributed by atoms with Gasteiger partial charge >= 0.3 is 6.09 Å². The highest BCUT2D eigenvalue weighted by atomic mass is 35.5. The van der Waals surface area contributed by atoms with Gasteiger partial charge < -0.3 is 15.0 Å². The molecule has 5 nitrogen and oxygen atoms in total. The molecule has 0 aliphatic carbocycles. The Morgan fingerprint density at radius 1 is 1.48 bits per heavy atom. The van der Waals surface area contributed by atoms with Crippen molar-refractivity contribution in [3.05, 3.63) is 23.4 Å². The number of hydrogen-bond acceptors (Lipinski definition) is 4. The molecule has 2 unspecified atom stereocenters. The maximum atomic E-state index is 12.2. The first-order chi connectivity index (χ1) is 10.7. The van der Waals surface area contributed by atoms with E-state index in [1.165, 1.54) is 0 Å². The lowest BCUT2D eigenvalue weighted by atomic mass is 9.92. The Hall–Kier alpha value is -1.49. The highest BCUT2D eigenvalue weighted by Crippen LogP contribution is 2.24. The molecule has 2 rings (SSSR count). The number of nitrogens with zero attached hydrogens (tertiary/aromatic N) is 2. The molecule has 1 aromatic rings. The van der Waals surface area contributed by atoms with E-state index in [0.717, 1.165) is 25.2 Å². The molecule has 1 aliphatic heterocycles. The number of halogens is 1. The minimum absolute atomic E-state index is 0.200. The second kappa shape index (κ2) is 7.39. The summed E-state index contributed by atoms with van der Waals surface area (Å²) in [5.74, 6) is 1.12. The summed E-state index contributed by atoms with van der Waals surface area (Å²) in [5, 5.41) is 3.86. The largest absolute Gasteiger partial charge is 0.444 e. The van der Waals surface area contributed by atoms with Crippen molar-refractivity contribution >= 4 is 23.5 Å². The van der Waals surface area contributed by atoms with E-state index >= 15 is 0 Å². The molecule has 1 N–H and O–H groups in total. The van der Waals surface area contributed by atoms with Gasteiger partial charge in [-0.3, -0.25) is 0 Å². The summed E-state index contributed by atoms with van der Waals surface area (Å²) in [7, 11) is 0. The van der Waals surface area contributed by atoms with Gasteiger partial charge in [-0.2, -0.15) is 0 Å². The molecule has 2 heterocycles. The topological polar surface area (TPSA) is 54.5 Å². The lowest BCUT2D eigenvalue weighted by Gasteiger charge is -2.36.